The van der Waals surface area contributed by atoms with Gasteiger partial charge < -0.3 is 4.42 Å². The quantitative estimate of drug-likeness (QED) is 0.572. The third-order valence-electron chi connectivity index (χ3n) is 0.631. The summed E-state index contributed by atoms with van der Waals surface area (Å²) in [5.74, 6) is 0. The molecule has 4 heteroatoms. The van der Waals surface area contributed by atoms with E-state index in [9.17, 15) is 0 Å². The van der Waals surface area contributed by atoms with Crippen LogP contribution in [-0.2, 0) is 0 Å². The van der Waals surface area contributed by atoms with Gasteiger partial charge in [0.05, 0.1) is 6.20 Å². The van der Waals surface area contributed by atoms with Crippen LogP contribution in [0.5, 0.6) is 0 Å². The third-order valence-corrected chi connectivity index (χ3v) is 1.34. The fourth-order valence-corrected chi connectivity index (χ4v) is 0.833. The molecule has 0 fully saturated rings. The molecule has 44 valence electrons. The zero-order valence-electron chi connectivity index (χ0n) is 4.22. The molecule has 0 aliphatic carbocycles. The van der Waals surface area contributed by atoms with Crippen LogP contribution in [0.1, 0.15) is 0 Å². The van der Waals surface area contributed by atoms with Gasteiger partial charge in [-0.3, -0.25) is 0 Å². The van der Waals surface area contributed by atoms with Crippen LogP contribution in [0.25, 0.3) is 0 Å². The van der Waals surface area contributed by atoms with Crippen molar-refractivity contribution < 1.29 is 4.42 Å². The van der Waals surface area contributed by atoms with Crippen LogP contribution in [0.2, 0.25) is 5.22 Å². The molecule has 2 nitrogen and oxygen atoms in total. The Kier molecular flexibility index (Phi) is 1.81. The SMILES string of the molecule is CSc1ncc(Cl)o1. The number of hydrogen-bond donors (Lipinski definition) is 0. The first-order valence-electron chi connectivity index (χ1n) is 1.98. The highest BCUT2D eigenvalue weighted by Crippen LogP contribution is 2.16. The van der Waals surface area contributed by atoms with Crippen LogP contribution in [0, 0.1) is 0 Å². The van der Waals surface area contributed by atoms with Gasteiger partial charge in [0.2, 0.25) is 5.22 Å². The van der Waals surface area contributed by atoms with Crippen LogP contribution in [-0.4, -0.2) is 11.2 Å². The Hall–Kier alpha value is -0.150. The van der Waals surface area contributed by atoms with E-state index in [4.69, 9.17) is 16.0 Å². The van der Waals surface area contributed by atoms with Crippen molar-refractivity contribution in [3.05, 3.63) is 11.4 Å². The third kappa shape index (κ3) is 1.17. The Bertz CT molecular complexity index is 176. The summed E-state index contributed by atoms with van der Waals surface area (Å²) in [6, 6.07) is 0. The molecule has 1 aromatic rings. The van der Waals surface area contributed by atoms with Crippen molar-refractivity contribution in [1.82, 2.24) is 4.98 Å². The summed E-state index contributed by atoms with van der Waals surface area (Å²) >= 11 is 6.82. The summed E-state index contributed by atoms with van der Waals surface area (Å²) in [6.45, 7) is 0. The monoisotopic (exact) mass is 149 g/mol. The lowest BCUT2D eigenvalue weighted by atomic mass is 11.0. The van der Waals surface area contributed by atoms with Crippen molar-refractivity contribution in [2.45, 2.75) is 5.22 Å². The summed E-state index contributed by atoms with van der Waals surface area (Å²) < 4.78 is 4.85. The standard InChI is InChI=1S/C4H4ClNOS/c1-8-4-6-2-3(5)7-4/h2H,1H3. The van der Waals surface area contributed by atoms with Gasteiger partial charge in [-0.2, -0.15) is 0 Å². The highest BCUT2D eigenvalue weighted by atomic mass is 35.5. The summed E-state index contributed by atoms with van der Waals surface area (Å²) in [6.07, 6.45) is 3.36. The minimum absolute atomic E-state index is 0.342. The molecule has 1 aromatic heterocycles. The molecule has 0 N–H and O–H groups in total. The number of thioether (sulfide) groups is 1. The minimum Gasteiger partial charge on any atom is -0.420 e. The molecule has 1 rings (SSSR count). The van der Waals surface area contributed by atoms with Gasteiger partial charge in [0.25, 0.3) is 5.22 Å². The van der Waals surface area contributed by atoms with E-state index in [2.05, 4.69) is 4.98 Å². The molecule has 0 aliphatic rings. The highest BCUT2D eigenvalue weighted by molar-refractivity contribution is 7.98. The number of nitrogens with zero attached hydrogens (tertiary/aromatic N) is 1. The molecule has 0 unspecified atom stereocenters. The van der Waals surface area contributed by atoms with Crippen molar-refractivity contribution in [3.8, 4) is 0 Å². The van der Waals surface area contributed by atoms with Crippen molar-refractivity contribution in [1.29, 1.82) is 0 Å². The molecule has 0 aliphatic heterocycles. The fraction of sp³-hybridized carbons (Fsp3) is 0.250. The number of hydrogen-bond acceptors (Lipinski definition) is 3. The molecule has 0 aromatic carbocycles. The Balaban J connectivity index is 2.84. The summed E-state index contributed by atoms with van der Waals surface area (Å²) in [7, 11) is 0. The van der Waals surface area contributed by atoms with Gasteiger partial charge in [-0.15, -0.1) is 0 Å². The molecule has 8 heavy (non-hydrogen) atoms. The maximum Gasteiger partial charge on any atom is 0.256 e. The normalized spacial score (nSPS) is 9.75. The molecule has 0 saturated heterocycles. The molecule has 0 amide bonds. The van der Waals surface area contributed by atoms with Gasteiger partial charge in [0.1, 0.15) is 0 Å². The van der Waals surface area contributed by atoms with Gasteiger partial charge in [-0.1, -0.05) is 11.8 Å². The number of aromatic nitrogens is 1. The summed E-state index contributed by atoms with van der Waals surface area (Å²) in [4.78, 5) is 3.80. The van der Waals surface area contributed by atoms with Crippen LogP contribution in [0.15, 0.2) is 15.8 Å². The Morgan fingerprint density at radius 2 is 2.62 bits per heavy atom. The number of halogens is 1. The van der Waals surface area contributed by atoms with Crippen LogP contribution < -0.4 is 0 Å². The molecular weight excluding hydrogens is 146 g/mol. The lowest BCUT2D eigenvalue weighted by Gasteiger charge is -1.78. The first-order chi connectivity index (χ1) is 3.83. The van der Waals surface area contributed by atoms with E-state index in [0.29, 0.717) is 10.4 Å². The van der Waals surface area contributed by atoms with Crippen LogP contribution in [0.3, 0.4) is 0 Å². The lowest BCUT2D eigenvalue weighted by Crippen LogP contribution is -1.60. The molecule has 0 spiro atoms. The first kappa shape index (κ1) is 5.98. The van der Waals surface area contributed by atoms with E-state index >= 15 is 0 Å². The fourth-order valence-electron chi connectivity index (χ4n) is 0.334. The van der Waals surface area contributed by atoms with Gasteiger partial charge in [-0.25, -0.2) is 4.98 Å². The van der Waals surface area contributed by atoms with Gasteiger partial charge in [0.15, 0.2) is 0 Å². The van der Waals surface area contributed by atoms with Crippen LogP contribution >= 0.6 is 23.4 Å². The predicted molar refractivity (Wildman–Crippen MR) is 33.3 cm³/mol. The molecule has 1 heterocycles. The largest absolute Gasteiger partial charge is 0.420 e. The Labute approximate surface area is 56.2 Å². The molecule has 0 atom stereocenters. The lowest BCUT2D eigenvalue weighted by molar-refractivity contribution is 0.456. The second-order valence-electron chi connectivity index (χ2n) is 1.13. The van der Waals surface area contributed by atoms with E-state index in [-0.39, 0.29) is 0 Å². The van der Waals surface area contributed by atoms with E-state index in [1.807, 2.05) is 6.26 Å². The molecule has 0 saturated carbocycles. The van der Waals surface area contributed by atoms with Crippen molar-refractivity contribution in [2.24, 2.45) is 0 Å². The zero-order valence-corrected chi connectivity index (χ0v) is 5.79. The minimum atomic E-state index is 0.342. The second-order valence-corrected chi connectivity index (χ2v) is 2.26. The smallest absolute Gasteiger partial charge is 0.256 e. The number of oxazole rings is 1. The Morgan fingerprint density at radius 1 is 1.88 bits per heavy atom. The van der Waals surface area contributed by atoms with Gasteiger partial charge in [-0.05, 0) is 17.9 Å². The second kappa shape index (κ2) is 2.42. The average Bonchev–Trinajstić information content (AvgIpc) is 2.14. The van der Waals surface area contributed by atoms with Crippen molar-refractivity contribution >= 4 is 23.4 Å². The maximum atomic E-state index is 5.40. The van der Waals surface area contributed by atoms with Gasteiger partial charge in [0, 0.05) is 0 Å². The van der Waals surface area contributed by atoms with Crippen molar-refractivity contribution in [3.63, 3.8) is 0 Å². The number of rotatable bonds is 1. The predicted octanol–water partition coefficient (Wildman–Crippen LogP) is 2.05. The molecule has 0 bridgehead atoms. The summed E-state index contributed by atoms with van der Waals surface area (Å²) in [5, 5.41) is 0.948. The Morgan fingerprint density at radius 3 is 2.88 bits per heavy atom. The molecule has 0 radical (unpaired) electrons. The topological polar surface area (TPSA) is 26.0 Å². The van der Waals surface area contributed by atoms with Gasteiger partial charge >= 0.3 is 0 Å². The molecular formula is C4H4ClNOS. The van der Waals surface area contributed by atoms with E-state index in [1.54, 1.807) is 0 Å². The van der Waals surface area contributed by atoms with E-state index in [1.165, 1.54) is 18.0 Å². The summed E-state index contributed by atoms with van der Waals surface area (Å²) in [5.41, 5.74) is 0. The first-order valence-corrected chi connectivity index (χ1v) is 3.58. The van der Waals surface area contributed by atoms with E-state index in [0.717, 1.165) is 0 Å². The van der Waals surface area contributed by atoms with Crippen LogP contribution in [0.4, 0.5) is 0 Å². The maximum absolute atomic E-state index is 5.40. The highest BCUT2D eigenvalue weighted by Gasteiger charge is 1.95. The van der Waals surface area contributed by atoms with Crippen molar-refractivity contribution in [2.75, 3.05) is 6.26 Å². The average molecular weight is 150 g/mol. The van der Waals surface area contributed by atoms with E-state index < -0.39 is 0 Å². The zero-order chi connectivity index (χ0) is 5.98.